The summed E-state index contributed by atoms with van der Waals surface area (Å²) < 4.78 is 296. The Balaban J connectivity index is 0.000000289. The van der Waals surface area contributed by atoms with Gasteiger partial charge in [-0.3, -0.25) is 0 Å². The van der Waals surface area contributed by atoms with E-state index in [0.29, 0.717) is 0 Å². The van der Waals surface area contributed by atoms with Gasteiger partial charge >= 0.3 is 0 Å². The molecule has 0 aliphatic carbocycles. The fraction of sp³-hybridized carbons (Fsp3) is 0.0465. The first-order chi connectivity index (χ1) is 30.5. The molecule has 0 amide bonds. The molecular formula is C43H18BF20N. The Hall–Kier alpha value is -6.87. The summed E-state index contributed by atoms with van der Waals surface area (Å²) in [6.07, 6.45) is -2.92. The van der Waals surface area contributed by atoms with E-state index in [2.05, 4.69) is 90.6 Å². The van der Waals surface area contributed by atoms with Crippen LogP contribution in [-0.2, 0) is 6.54 Å². The van der Waals surface area contributed by atoms with Gasteiger partial charge in [-0.1, -0.05) is 54.6 Å². The third-order valence-corrected chi connectivity index (χ3v) is 10.3. The highest BCUT2D eigenvalue weighted by Crippen LogP contribution is 2.31. The average Bonchev–Trinajstić information content (AvgIpc) is 3.30. The van der Waals surface area contributed by atoms with Crippen LogP contribution in [0.1, 0.15) is 11.1 Å². The van der Waals surface area contributed by atoms with Crippen LogP contribution in [0.4, 0.5) is 87.8 Å². The van der Waals surface area contributed by atoms with Crippen molar-refractivity contribution in [2.45, 2.75) is 13.5 Å². The van der Waals surface area contributed by atoms with Crippen molar-refractivity contribution in [3.63, 3.8) is 0 Å². The van der Waals surface area contributed by atoms with Crippen LogP contribution in [0.25, 0.3) is 11.1 Å². The first-order valence-electron chi connectivity index (χ1n) is 17.9. The van der Waals surface area contributed by atoms with Crippen LogP contribution in [0.5, 0.6) is 0 Å². The van der Waals surface area contributed by atoms with E-state index in [9.17, 15) is 52.7 Å². The van der Waals surface area contributed by atoms with Gasteiger partial charge in [-0.25, -0.2) is 92.4 Å². The quantitative estimate of drug-likeness (QED) is 0.0493. The van der Waals surface area contributed by atoms with Crippen molar-refractivity contribution < 1.29 is 92.4 Å². The van der Waals surface area contributed by atoms with E-state index >= 15 is 35.1 Å². The Morgan fingerprint density at radius 1 is 0.323 bits per heavy atom. The highest BCUT2D eigenvalue weighted by Gasteiger charge is 2.52. The molecule has 0 saturated heterocycles. The molecule has 0 saturated carbocycles. The zero-order valence-corrected chi connectivity index (χ0v) is 31.8. The number of rotatable bonds is 7. The molecule has 0 unspecified atom stereocenters. The second kappa shape index (κ2) is 18.0. The number of benzene rings is 6. The third kappa shape index (κ3) is 7.71. The number of halogens is 20. The molecule has 1 aromatic heterocycles. The first-order valence-corrected chi connectivity index (χ1v) is 17.9. The Bertz CT molecular complexity index is 2630. The normalized spacial score (nSPS) is 11.5. The predicted octanol–water partition coefficient (Wildman–Crippen LogP) is 9.84. The van der Waals surface area contributed by atoms with Gasteiger partial charge in [0.2, 0.25) is 0 Å². The predicted molar refractivity (Wildman–Crippen MR) is 192 cm³/mol. The number of aryl methyl sites for hydroxylation is 1. The summed E-state index contributed by atoms with van der Waals surface area (Å²) in [5.74, 6) is -71.4. The van der Waals surface area contributed by atoms with Crippen molar-refractivity contribution >= 4 is 28.0 Å². The molecule has 1 nitrogen and oxygen atoms in total. The summed E-state index contributed by atoms with van der Waals surface area (Å²) in [5, 5.41) is 0. The van der Waals surface area contributed by atoms with Crippen molar-refractivity contribution in [2.24, 2.45) is 0 Å². The molecule has 0 aliphatic heterocycles. The van der Waals surface area contributed by atoms with Crippen LogP contribution in [-0.4, -0.2) is 6.15 Å². The lowest BCUT2D eigenvalue weighted by Crippen LogP contribution is -2.81. The number of hydrogen-bond acceptors (Lipinski definition) is 0. The number of hydrogen-bond donors (Lipinski definition) is 0. The van der Waals surface area contributed by atoms with Gasteiger partial charge in [-0.05, 0) is 23.6 Å². The van der Waals surface area contributed by atoms with Gasteiger partial charge < -0.3 is 0 Å². The molecule has 0 radical (unpaired) electrons. The molecule has 7 aromatic rings. The van der Waals surface area contributed by atoms with Crippen molar-refractivity contribution in [1.29, 1.82) is 0 Å². The fourth-order valence-electron chi connectivity index (χ4n) is 7.31. The zero-order valence-electron chi connectivity index (χ0n) is 31.8. The molecule has 0 spiro atoms. The lowest BCUT2D eigenvalue weighted by Gasteiger charge is -2.44. The minimum absolute atomic E-state index is 0.912. The summed E-state index contributed by atoms with van der Waals surface area (Å²) in [7, 11) is 0. The molecule has 7 rings (SSSR count). The van der Waals surface area contributed by atoms with Gasteiger partial charge in [0.25, 0.3) is 0 Å². The largest absolute Gasteiger partial charge is 0.207 e. The smallest absolute Gasteiger partial charge is 0.200 e. The Labute approximate surface area is 351 Å². The van der Waals surface area contributed by atoms with Crippen molar-refractivity contribution in [1.82, 2.24) is 0 Å². The molecule has 0 atom stereocenters. The third-order valence-electron chi connectivity index (χ3n) is 10.3. The topological polar surface area (TPSA) is 3.88 Å². The summed E-state index contributed by atoms with van der Waals surface area (Å²) in [4.78, 5) is 0. The monoisotopic (exact) mass is 939 g/mol. The first kappa shape index (κ1) is 47.6. The molecule has 0 N–H and O–H groups in total. The second-order valence-electron chi connectivity index (χ2n) is 13.9. The van der Waals surface area contributed by atoms with E-state index in [1.54, 1.807) is 0 Å². The van der Waals surface area contributed by atoms with Crippen LogP contribution in [0, 0.1) is 123 Å². The highest BCUT2D eigenvalue weighted by atomic mass is 19.2. The van der Waals surface area contributed by atoms with E-state index in [1.807, 2.05) is 0 Å². The van der Waals surface area contributed by atoms with Gasteiger partial charge in [0, 0.05) is 17.7 Å². The minimum Gasteiger partial charge on any atom is -0.207 e. The molecule has 0 aliphatic rings. The lowest BCUT2D eigenvalue weighted by molar-refractivity contribution is -0.688. The molecule has 22 heteroatoms. The molecule has 65 heavy (non-hydrogen) atoms. The molecule has 338 valence electrons. The van der Waals surface area contributed by atoms with E-state index in [1.165, 1.54) is 22.3 Å². The Morgan fingerprint density at radius 3 is 0.877 bits per heavy atom. The molecule has 0 bridgehead atoms. The van der Waals surface area contributed by atoms with Gasteiger partial charge in [-0.2, -0.15) is 0 Å². The lowest BCUT2D eigenvalue weighted by atomic mass is 9.12. The van der Waals surface area contributed by atoms with E-state index in [4.69, 9.17) is 0 Å². The van der Waals surface area contributed by atoms with Crippen molar-refractivity contribution in [3.05, 3.63) is 207 Å². The van der Waals surface area contributed by atoms with Gasteiger partial charge in [0.15, 0.2) is 88.7 Å². The summed E-state index contributed by atoms with van der Waals surface area (Å²) >= 11 is 0. The molecule has 1 heterocycles. The van der Waals surface area contributed by atoms with Crippen LogP contribution in [0.15, 0.2) is 79.1 Å². The van der Waals surface area contributed by atoms with Gasteiger partial charge in [0.05, 0.1) is 0 Å². The number of aromatic nitrogens is 1. The van der Waals surface area contributed by atoms with E-state index in [0.717, 1.165) is 6.54 Å². The summed E-state index contributed by atoms with van der Waals surface area (Å²) in [6, 6.07) is 23.4. The Kier molecular flexibility index (Phi) is 13.2. The zero-order chi connectivity index (χ0) is 48.1. The SMILES string of the molecule is Cc1ccccc1-c1cc[n+](Cc2ccccc2)cc1.Fc1c(F)c(F)c([B-](c2c(F)c(F)c(F)c(F)c2F)(c2c(F)c(F)c(F)c(F)c2F)c2c(F)c(F)c(F)c(F)c2F)c(F)c1F. The summed E-state index contributed by atoms with van der Waals surface area (Å²) in [5.41, 5.74) is -9.12. The maximum atomic E-state index is 15.4. The van der Waals surface area contributed by atoms with Crippen LogP contribution >= 0.6 is 0 Å². The van der Waals surface area contributed by atoms with E-state index in [-0.39, 0.29) is 0 Å². The maximum absolute atomic E-state index is 15.4. The summed E-state index contributed by atoms with van der Waals surface area (Å²) in [6.45, 7) is 3.06. The maximum Gasteiger partial charge on any atom is 0.200 e. The highest BCUT2D eigenvalue weighted by molar-refractivity contribution is 7.20. The van der Waals surface area contributed by atoms with Gasteiger partial charge in [-0.15, -0.1) is 21.9 Å². The van der Waals surface area contributed by atoms with Crippen LogP contribution in [0.2, 0.25) is 0 Å². The number of nitrogens with zero attached hydrogens (tertiary/aromatic N) is 1. The molecule has 6 aromatic carbocycles. The van der Waals surface area contributed by atoms with Gasteiger partial charge in [0.1, 0.15) is 52.7 Å². The molecule has 0 fully saturated rings. The number of pyridine rings is 1. The molecular weight excluding hydrogens is 921 g/mol. The average molecular weight is 939 g/mol. The standard InChI is InChI=1S/C24BF20.C19H18N/c26-5-1(6(27)14(35)21(42)13(5)34)25(2-7(28)15(36)22(43)16(37)8(2)29,3-9(30)17(38)23(44)18(39)10(3)31)4-11(32)19(40)24(45)20(41)12(4)33;1-16-7-5-6-10-19(16)18-11-13-20(14-12-18)15-17-8-3-2-4-9-17/h;2-14H,15H2,1H3/q-1;+1. The Morgan fingerprint density at radius 2 is 0.585 bits per heavy atom. The van der Waals surface area contributed by atoms with Crippen LogP contribution in [0.3, 0.4) is 0 Å². The van der Waals surface area contributed by atoms with Crippen LogP contribution < -0.4 is 26.4 Å². The van der Waals surface area contributed by atoms with Crippen molar-refractivity contribution in [2.75, 3.05) is 0 Å². The fourth-order valence-corrected chi connectivity index (χ4v) is 7.31. The second-order valence-corrected chi connectivity index (χ2v) is 13.9. The van der Waals surface area contributed by atoms with E-state index < -0.39 is 144 Å². The minimum atomic E-state index is -7.22. The van der Waals surface area contributed by atoms with Crippen molar-refractivity contribution in [3.8, 4) is 11.1 Å².